The number of hydrogen-bond donors (Lipinski definition) is 0. The zero-order valence-electron chi connectivity index (χ0n) is 22.3. The maximum atomic E-state index is 13.9. The van der Waals surface area contributed by atoms with Crippen molar-refractivity contribution in [2.75, 3.05) is 7.11 Å². The van der Waals surface area contributed by atoms with Gasteiger partial charge < -0.3 is 9.15 Å². The van der Waals surface area contributed by atoms with E-state index in [2.05, 4.69) is 12.1 Å². The lowest BCUT2D eigenvalue weighted by molar-refractivity contribution is -0.137. The van der Waals surface area contributed by atoms with Crippen LogP contribution in [0.3, 0.4) is 0 Å². The Balaban J connectivity index is 1.36. The molecule has 0 saturated heterocycles. The molecule has 210 valence electrons. The summed E-state index contributed by atoms with van der Waals surface area (Å²) in [6, 6.07) is 23.8. The van der Waals surface area contributed by atoms with Gasteiger partial charge in [-0.15, -0.1) is 0 Å². The number of alkyl halides is 3. The minimum Gasteiger partial charge on any atom is -0.497 e. The van der Waals surface area contributed by atoms with Gasteiger partial charge in [-0.1, -0.05) is 59.9 Å². The summed E-state index contributed by atoms with van der Waals surface area (Å²) in [4.78, 5) is 19.5. The fourth-order valence-electron chi connectivity index (χ4n) is 5.67. The van der Waals surface area contributed by atoms with E-state index in [0.717, 1.165) is 53.1 Å². The van der Waals surface area contributed by atoms with Gasteiger partial charge in [0.15, 0.2) is 4.80 Å². The maximum Gasteiger partial charge on any atom is 0.416 e. The number of aryl methyl sites for hydroxylation is 1. The Hall–Kier alpha value is -4.63. The first-order valence-corrected chi connectivity index (χ1v) is 14.2. The van der Waals surface area contributed by atoms with Crippen LogP contribution in [0.15, 0.2) is 105 Å². The Bertz CT molecular complexity index is 2050. The second-order valence-electron chi connectivity index (χ2n) is 10.2. The molecule has 1 aliphatic heterocycles. The van der Waals surface area contributed by atoms with Crippen LogP contribution in [0.5, 0.6) is 5.75 Å². The first kappa shape index (κ1) is 26.3. The van der Waals surface area contributed by atoms with Crippen molar-refractivity contribution in [1.82, 2.24) is 4.57 Å². The van der Waals surface area contributed by atoms with Gasteiger partial charge >= 0.3 is 6.18 Å². The molecule has 0 bridgehead atoms. The van der Waals surface area contributed by atoms with E-state index in [1.54, 1.807) is 36.0 Å². The van der Waals surface area contributed by atoms with Gasteiger partial charge in [0, 0.05) is 17.2 Å². The van der Waals surface area contributed by atoms with Gasteiger partial charge in [-0.2, -0.15) is 13.2 Å². The molecule has 0 radical (unpaired) electrons. The van der Waals surface area contributed by atoms with Crippen LogP contribution in [0.25, 0.3) is 23.1 Å². The molecule has 0 amide bonds. The van der Waals surface area contributed by atoms with Crippen molar-refractivity contribution in [2.24, 2.45) is 4.99 Å². The van der Waals surface area contributed by atoms with Crippen molar-refractivity contribution in [1.29, 1.82) is 0 Å². The van der Waals surface area contributed by atoms with Crippen molar-refractivity contribution >= 4 is 23.1 Å². The molecule has 1 atom stereocenters. The van der Waals surface area contributed by atoms with Crippen molar-refractivity contribution < 1.29 is 22.3 Å². The lowest BCUT2D eigenvalue weighted by Gasteiger charge is -2.30. The Kier molecular flexibility index (Phi) is 6.27. The van der Waals surface area contributed by atoms with Crippen molar-refractivity contribution in [3.8, 4) is 17.1 Å². The topological polar surface area (TPSA) is 56.7 Å². The SMILES string of the molecule is COc1ccc([C@H]2C3=C(N=c4s/c(=C\c5ccc(-c6cccc(C(F)(F)F)c6)o5)c(=O)n42)c2ccccc2CC3)cc1. The highest BCUT2D eigenvalue weighted by molar-refractivity contribution is 7.07. The third kappa shape index (κ3) is 4.50. The zero-order valence-corrected chi connectivity index (χ0v) is 23.1. The van der Waals surface area contributed by atoms with Gasteiger partial charge in [-0.05, 0) is 65.9 Å². The third-order valence-electron chi connectivity index (χ3n) is 7.68. The summed E-state index contributed by atoms with van der Waals surface area (Å²) in [6.45, 7) is 0. The molecule has 5 aromatic rings. The number of allylic oxidation sites excluding steroid dienone is 1. The minimum absolute atomic E-state index is 0.206. The first-order valence-electron chi connectivity index (χ1n) is 13.3. The summed E-state index contributed by atoms with van der Waals surface area (Å²) in [7, 11) is 1.61. The largest absolute Gasteiger partial charge is 0.497 e. The van der Waals surface area contributed by atoms with Crippen LogP contribution >= 0.6 is 11.3 Å². The standard InChI is InChI=1S/C33H23F3N2O3S/c1-40-23-12-9-20(10-13-23)30-26-15-11-19-5-2-3-8-25(19)29(26)37-32-38(30)31(39)28(42-32)18-24-14-16-27(41-24)21-6-4-7-22(17-21)33(34,35)36/h2-10,12-14,16-18,30H,11,15H2,1H3/b28-18-/t30-/m0/s1. The molecule has 7 rings (SSSR count). The fraction of sp³-hybridized carbons (Fsp3) is 0.152. The number of rotatable bonds is 4. The van der Waals surface area contributed by atoms with Crippen LogP contribution in [0.2, 0.25) is 0 Å². The van der Waals surface area contributed by atoms with Crippen molar-refractivity contribution in [2.45, 2.75) is 25.1 Å². The molecule has 0 fully saturated rings. The van der Waals surface area contributed by atoms with E-state index in [-0.39, 0.29) is 17.4 Å². The molecular formula is C33H23F3N2O3S. The minimum atomic E-state index is -4.46. The highest BCUT2D eigenvalue weighted by Crippen LogP contribution is 2.41. The number of benzene rings is 3. The van der Waals surface area contributed by atoms with Crippen LogP contribution in [0.4, 0.5) is 13.2 Å². The number of methoxy groups -OCH3 is 1. The van der Waals surface area contributed by atoms with E-state index in [4.69, 9.17) is 14.1 Å². The lowest BCUT2D eigenvalue weighted by atomic mass is 9.83. The smallest absolute Gasteiger partial charge is 0.416 e. The van der Waals surface area contributed by atoms with Crippen LogP contribution in [-0.2, 0) is 12.6 Å². The van der Waals surface area contributed by atoms with E-state index >= 15 is 0 Å². The first-order chi connectivity index (χ1) is 20.3. The molecular weight excluding hydrogens is 561 g/mol. The number of furan rings is 1. The molecule has 1 aliphatic carbocycles. The van der Waals surface area contributed by atoms with Gasteiger partial charge in [0.2, 0.25) is 0 Å². The van der Waals surface area contributed by atoms with Gasteiger partial charge in [-0.25, -0.2) is 4.99 Å². The summed E-state index contributed by atoms with van der Waals surface area (Å²) in [5.41, 5.74) is 4.58. The monoisotopic (exact) mass is 584 g/mol. The average Bonchev–Trinajstić information content (AvgIpc) is 3.60. The Morgan fingerprint density at radius 3 is 2.60 bits per heavy atom. The zero-order chi connectivity index (χ0) is 29.0. The lowest BCUT2D eigenvalue weighted by Crippen LogP contribution is -2.38. The molecule has 3 aromatic carbocycles. The highest BCUT2D eigenvalue weighted by Gasteiger charge is 2.33. The quantitative estimate of drug-likeness (QED) is 0.239. The van der Waals surface area contributed by atoms with Crippen molar-refractivity contribution in [3.05, 3.63) is 138 Å². The number of aromatic nitrogens is 1. The van der Waals surface area contributed by atoms with Crippen LogP contribution in [0, 0.1) is 0 Å². The van der Waals surface area contributed by atoms with Crippen LogP contribution in [-0.4, -0.2) is 11.7 Å². The van der Waals surface area contributed by atoms with Gasteiger partial charge in [0.05, 0.1) is 28.9 Å². The molecule has 42 heavy (non-hydrogen) atoms. The molecule has 9 heteroatoms. The van der Waals surface area contributed by atoms with Crippen LogP contribution < -0.4 is 19.6 Å². The van der Waals surface area contributed by atoms with Gasteiger partial charge in [0.25, 0.3) is 5.56 Å². The van der Waals surface area contributed by atoms with Crippen LogP contribution in [0.1, 0.15) is 40.5 Å². The Labute approximate surface area is 242 Å². The summed E-state index contributed by atoms with van der Waals surface area (Å²) < 4.78 is 53.1. The summed E-state index contributed by atoms with van der Waals surface area (Å²) in [5, 5.41) is 0. The second-order valence-corrected chi connectivity index (χ2v) is 11.2. The molecule has 5 nitrogen and oxygen atoms in total. The molecule has 0 spiro atoms. The summed E-state index contributed by atoms with van der Waals surface area (Å²) in [5.74, 6) is 1.37. The third-order valence-corrected chi connectivity index (χ3v) is 8.66. The summed E-state index contributed by atoms with van der Waals surface area (Å²) >= 11 is 1.26. The van der Waals surface area contributed by atoms with E-state index in [9.17, 15) is 18.0 Å². The van der Waals surface area contributed by atoms with E-state index < -0.39 is 11.7 Å². The average molecular weight is 585 g/mol. The number of thiazole rings is 1. The molecule has 2 aliphatic rings. The van der Waals surface area contributed by atoms with Crippen molar-refractivity contribution in [3.63, 3.8) is 0 Å². The van der Waals surface area contributed by atoms with E-state index in [1.165, 1.54) is 23.0 Å². The van der Waals surface area contributed by atoms with Gasteiger partial charge in [-0.3, -0.25) is 9.36 Å². The van der Waals surface area contributed by atoms with E-state index in [1.807, 2.05) is 36.4 Å². The van der Waals surface area contributed by atoms with E-state index in [0.29, 0.717) is 20.7 Å². The highest BCUT2D eigenvalue weighted by atomic mass is 32.1. The summed E-state index contributed by atoms with van der Waals surface area (Å²) in [6.07, 6.45) is -1.20. The Morgan fingerprint density at radius 1 is 1.00 bits per heavy atom. The fourth-order valence-corrected chi connectivity index (χ4v) is 6.65. The number of fused-ring (bicyclic) bond motifs is 3. The second kappa shape index (κ2) is 10.0. The molecule has 0 unspecified atom stereocenters. The number of hydrogen-bond acceptors (Lipinski definition) is 5. The maximum absolute atomic E-state index is 13.9. The molecule has 0 saturated carbocycles. The normalized spacial score (nSPS) is 16.5. The Morgan fingerprint density at radius 2 is 1.81 bits per heavy atom. The predicted octanol–water partition coefficient (Wildman–Crippen LogP) is 6.61. The molecule has 2 aromatic heterocycles. The number of nitrogens with zero attached hydrogens (tertiary/aromatic N) is 2. The number of ether oxygens (including phenoxy) is 1. The predicted molar refractivity (Wildman–Crippen MR) is 155 cm³/mol. The molecule has 0 N–H and O–H groups in total. The molecule has 3 heterocycles. The van der Waals surface area contributed by atoms with Gasteiger partial charge in [0.1, 0.15) is 17.3 Å². The number of halogens is 3.